The van der Waals surface area contributed by atoms with Gasteiger partial charge in [0.1, 0.15) is 0 Å². The summed E-state index contributed by atoms with van der Waals surface area (Å²) in [4.78, 5) is 0. The maximum atomic E-state index is 5.00. The molecule has 0 aliphatic carbocycles. The van der Waals surface area contributed by atoms with Gasteiger partial charge in [-0.05, 0) is 19.4 Å². The fourth-order valence-electron chi connectivity index (χ4n) is 0.843. The summed E-state index contributed by atoms with van der Waals surface area (Å²) in [5.74, 6) is 0. The quantitative estimate of drug-likeness (QED) is 0.548. The van der Waals surface area contributed by atoms with Crippen molar-refractivity contribution in [2.24, 2.45) is 0 Å². The highest BCUT2D eigenvalue weighted by Crippen LogP contribution is 2.02. The third kappa shape index (κ3) is 15.4. The average molecular weight is 301 g/mol. The van der Waals surface area contributed by atoms with E-state index in [1.807, 2.05) is 45.9 Å². The van der Waals surface area contributed by atoms with E-state index in [2.05, 4.69) is 34.6 Å². The Morgan fingerprint density at radius 2 is 1.76 bits per heavy atom. The standard InChI is InChI=1S/C7H7Br.C6H12O.C2H6/c8-6-7-4-2-1-3-5-7;1-4-7-5-6(2)3;1-2/h1-5H,6H2;2,4-5H2,1,3H3;1-2H3. The van der Waals surface area contributed by atoms with Gasteiger partial charge in [0.05, 0.1) is 6.61 Å². The summed E-state index contributed by atoms with van der Waals surface area (Å²) in [6.45, 7) is 13.1. The molecule has 0 bridgehead atoms. The summed E-state index contributed by atoms with van der Waals surface area (Å²) in [5, 5.41) is 0.952. The molecule has 0 spiro atoms. The Bertz CT molecular complexity index is 257. The average Bonchev–Trinajstić information content (AvgIpc) is 2.40. The highest BCUT2D eigenvalue weighted by Gasteiger charge is 1.81. The van der Waals surface area contributed by atoms with E-state index < -0.39 is 0 Å². The highest BCUT2D eigenvalue weighted by atomic mass is 79.9. The second kappa shape index (κ2) is 15.4. The fraction of sp³-hybridized carbons (Fsp3) is 0.467. The van der Waals surface area contributed by atoms with Gasteiger partial charge in [-0.25, -0.2) is 0 Å². The van der Waals surface area contributed by atoms with Crippen LogP contribution in [0.3, 0.4) is 0 Å². The number of rotatable bonds is 4. The van der Waals surface area contributed by atoms with Crippen LogP contribution in [0.5, 0.6) is 0 Å². The SMILES string of the molecule is BrCc1ccccc1.C=C(C)COCC.CC. The van der Waals surface area contributed by atoms with E-state index in [4.69, 9.17) is 4.74 Å². The van der Waals surface area contributed by atoms with Crippen molar-refractivity contribution in [3.63, 3.8) is 0 Å². The van der Waals surface area contributed by atoms with Crippen molar-refractivity contribution in [1.82, 2.24) is 0 Å². The molecule has 1 nitrogen and oxygen atoms in total. The Labute approximate surface area is 115 Å². The van der Waals surface area contributed by atoms with Crippen LogP contribution in [0.1, 0.15) is 33.3 Å². The van der Waals surface area contributed by atoms with Crippen LogP contribution in [0.25, 0.3) is 0 Å². The van der Waals surface area contributed by atoms with Gasteiger partial charge in [-0.15, -0.1) is 0 Å². The van der Waals surface area contributed by atoms with Crippen molar-refractivity contribution < 1.29 is 4.74 Å². The molecule has 0 atom stereocenters. The first kappa shape index (κ1) is 18.8. The predicted molar refractivity (Wildman–Crippen MR) is 81.7 cm³/mol. The second-order valence-electron chi connectivity index (χ2n) is 3.21. The first-order valence-corrected chi connectivity index (χ1v) is 7.14. The molecule has 0 unspecified atom stereocenters. The second-order valence-corrected chi connectivity index (χ2v) is 3.77. The largest absolute Gasteiger partial charge is 0.377 e. The van der Waals surface area contributed by atoms with Crippen LogP contribution >= 0.6 is 15.9 Å². The monoisotopic (exact) mass is 300 g/mol. The first-order chi connectivity index (χ1) is 8.20. The van der Waals surface area contributed by atoms with Crippen LogP contribution in [0.2, 0.25) is 0 Å². The van der Waals surface area contributed by atoms with Gasteiger partial charge in [-0.1, -0.05) is 72.3 Å². The Hall–Kier alpha value is -0.600. The van der Waals surface area contributed by atoms with Gasteiger partial charge in [0.25, 0.3) is 0 Å². The number of hydrogen-bond donors (Lipinski definition) is 0. The van der Waals surface area contributed by atoms with Crippen molar-refractivity contribution >= 4 is 15.9 Å². The maximum Gasteiger partial charge on any atom is 0.0671 e. The van der Waals surface area contributed by atoms with Crippen LogP contribution < -0.4 is 0 Å². The molecule has 0 heterocycles. The summed E-state index contributed by atoms with van der Waals surface area (Å²) in [7, 11) is 0. The minimum absolute atomic E-state index is 0.705. The molecule has 0 amide bonds. The lowest BCUT2D eigenvalue weighted by molar-refractivity contribution is 0.171. The van der Waals surface area contributed by atoms with Crippen LogP contribution in [-0.2, 0) is 10.1 Å². The Kier molecular flexibility index (Phi) is 17.0. The summed E-state index contributed by atoms with van der Waals surface area (Å²) < 4.78 is 5.00. The molecular formula is C15H25BrO. The van der Waals surface area contributed by atoms with E-state index in [-0.39, 0.29) is 0 Å². The number of benzene rings is 1. The van der Waals surface area contributed by atoms with Gasteiger partial charge >= 0.3 is 0 Å². The van der Waals surface area contributed by atoms with Gasteiger partial charge in [-0.3, -0.25) is 0 Å². The normalized spacial score (nSPS) is 8.29. The number of hydrogen-bond acceptors (Lipinski definition) is 1. The van der Waals surface area contributed by atoms with Gasteiger partial charge in [0, 0.05) is 11.9 Å². The topological polar surface area (TPSA) is 9.23 Å². The van der Waals surface area contributed by atoms with Crippen molar-refractivity contribution in [2.75, 3.05) is 13.2 Å². The number of alkyl halides is 1. The number of ether oxygens (including phenoxy) is 1. The van der Waals surface area contributed by atoms with Gasteiger partial charge in [0.2, 0.25) is 0 Å². The Balaban J connectivity index is 0. The smallest absolute Gasteiger partial charge is 0.0671 e. The lowest BCUT2D eigenvalue weighted by Gasteiger charge is -1.95. The van der Waals surface area contributed by atoms with Crippen molar-refractivity contribution in [2.45, 2.75) is 33.0 Å². The van der Waals surface area contributed by atoms with Crippen molar-refractivity contribution in [3.8, 4) is 0 Å². The molecule has 1 aromatic carbocycles. The molecule has 0 aromatic heterocycles. The highest BCUT2D eigenvalue weighted by molar-refractivity contribution is 9.08. The van der Waals surface area contributed by atoms with Gasteiger partial charge < -0.3 is 4.74 Å². The number of halogens is 1. The zero-order chi connectivity index (χ0) is 13.5. The zero-order valence-corrected chi connectivity index (χ0v) is 13.1. The minimum Gasteiger partial charge on any atom is -0.377 e. The Morgan fingerprint density at radius 3 is 2.00 bits per heavy atom. The molecule has 0 N–H and O–H groups in total. The lowest BCUT2D eigenvalue weighted by atomic mass is 10.2. The van der Waals surface area contributed by atoms with Crippen LogP contribution in [0.4, 0.5) is 0 Å². The molecule has 1 rings (SSSR count). The van der Waals surface area contributed by atoms with E-state index in [0.29, 0.717) is 6.61 Å². The van der Waals surface area contributed by atoms with Crippen molar-refractivity contribution in [1.29, 1.82) is 0 Å². The molecule has 0 saturated carbocycles. The molecule has 2 heteroatoms. The maximum absolute atomic E-state index is 5.00. The van der Waals surface area contributed by atoms with Crippen molar-refractivity contribution in [3.05, 3.63) is 48.0 Å². The molecule has 98 valence electrons. The van der Waals surface area contributed by atoms with Gasteiger partial charge in [0.15, 0.2) is 0 Å². The Morgan fingerprint density at radius 1 is 1.24 bits per heavy atom. The molecule has 0 fully saturated rings. The van der Waals surface area contributed by atoms with Crippen LogP contribution in [0, 0.1) is 0 Å². The van der Waals surface area contributed by atoms with E-state index in [1.54, 1.807) is 0 Å². The van der Waals surface area contributed by atoms with E-state index in [1.165, 1.54) is 5.56 Å². The molecule has 1 aromatic rings. The fourth-order valence-corrected chi connectivity index (χ4v) is 1.22. The predicted octanol–water partition coefficient (Wildman–Crippen LogP) is 5.21. The molecule has 0 saturated heterocycles. The lowest BCUT2D eigenvalue weighted by Crippen LogP contribution is -1.92. The zero-order valence-electron chi connectivity index (χ0n) is 11.5. The molecule has 17 heavy (non-hydrogen) atoms. The van der Waals surface area contributed by atoms with E-state index in [9.17, 15) is 0 Å². The summed E-state index contributed by atoms with van der Waals surface area (Å²) in [6, 6.07) is 10.3. The summed E-state index contributed by atoms with van der Waals surface area (Å²) in [5.41, 5.74) is 2.41. The molecule has 0 aliphatic heterocycles. The van der Waals surface area contributed by atoms with E-state index >= 15 is 0 Å². The third-order valence-corrected chi connectivity index (χ3v) is 2.20. The molecule has 0 radical (unpaired) electrons. The molecular weight excluding hydrogens is 276 g/mol. The first-order valence-electron chi connectivity index (χ1n) is 6.02. The van der Waals surface area contributed by atoms with E-state index in [0.717, 1.165) is 17.5 Å². The third-order valence-electron chi connectivity index (χ3n) is 1.55. The molecule has 0 aliphatic rings. The van der Waals surface area contributed by atoms with Gasteiger partial charge in [-0.2, -0.15) is 0 Å². The summed E-state index contributed by atoms with van der Waals surface area (Å²) in [6.07, 6.45) is 0. The van der Waals surface area contributed by atoms with Crippen LogP contribution in [-0.4, -0.2) is 13.2 Å². The van der Waals surface area contributed by atoms with Crippen LogP contribution in [0.15, 0.2) is 42.5 Å². The minimum atomic E-state index is 0.705. The summed E-state index contributed by atoms with van der Waals surface area (Å²) >= 11 is 3.36.